The molecule has 0 unspecified atom stereocenters. The molecule has 7 nitrogen and oxygen atoms in total. The highest BCUT2D eigenvalue weighted by atomic mass is 32.2. The number of likely N-dealkylation sites (tertiary alicyclic amines) is 1. The Bertz CT molecular complexity index is 738. The minimum Gasteiger partial charge on any atom is -0.508 e. The average molecular weight is 378 g/mol. The van der Waals surface area contributed by atoms with E-state index in [0.717, 1.165) is 10.5 Å². The first-order valence-electron chi connectivity index (χ1n) is 8.32. The van der Waals surface area contributed by atoms with Gasteiger partial charge in [0, 0.05) is 13.1 Å². The van der Waals surface area contributed by atoms with Crippen LogP contribution in [0, 0.1) is 11.8 Å². The molecule has 0 radical (unpaired) electrons. The number of hydrogen-bond donors (Lipinski definition) is 2. The largest absolute Gasteiger partial charge is 0.508 e. The molecule has 2 saturated heterocycles. The van der Waals surface area contributed by atoms with Crippen LogP contribution in [0.25, 0.3) is 0 Å². The zero-order valence-electron chi connectivity index (χ0n) is 14.9. The number of carbonyl (C=O) groups is 3. The minimum atomic E-state index is -1.25. The van der Waals surface area contributed by atoms with Crippen LogP contribution in [0.15, 0.2) is 24.3 Å². The number of phenols is 1. The van der Waals surface area contributed by atoms with Crippen LogP contribution in [-0.2, 0) is 19.1 Å². The lowest BCUT2D eigenvalue weighted by Crippen LogP contribution is -2.56. The molecular weight excluding hydrogens is 356 g/mol. The summed E-state index contributed by atoms with van der Waals surface area (Å²) in [6.07, 6.45) is 2.30. The predicted molar refractivity (Wildman–Crippen MR) is 96.5 cm³/mol. The number of amides is 2. The van der Waals surface area contributed by atoms with Crippen molar-refractivity contribution in [2.45, 2.75) is 18.0 Å². The zero-order valence-corrected chi connectivity index (χ0v) is 15.7. The molecule has 4 atom stereocenters. The number of methoxy groups -OCH3 is 1. The summed E-state index contributed by atoms with van der Waals surface area (Å²) in [4.78, 5) is 39.5. The molecule has 2 heterocycles. The van der Waals surface area contributed by atoms with Crippen molar-refractivity contribution in [2.75, 3.05) is 26.2 Å². The van der Waals surface area contributed by atoms with E-state index in [1.54, 1.807) is 23.9 Å². The van der Waals surface area contributed by atoms with Gasteiger partial charge in [-0.15, -0.1) is 0 Å². The van der Waals surface area contributed by atoms with Gasteiger partial charge in [-0.05, 0) is 36.1 Å². The number of esters is 1. The molecule has 2 fully saturated rings. The average Bonchev–Trinajstić information content (AvgIpc) is 3.10. The fourth-order valence-corrected chi connectivity index (χ4v) is 4.61. The van der Waals surface area contributed by atoms with E-state index in [0.29, 0.717) is 12.2 Å². The van der Waals surface area contributed by atoms with Crippen LogP contribution >= 0.6 is 11.8 Å². The number of hydrogen-bond acceptors (Lipinski definition) is 7. The third-order valence-electron chi connectivity index (χ3n) is 5.38. The maximum absolute atomic E-state index is 12.8. The number of aromatic hydroxyl groups is 1. The molecule has 3 rings (SSSR count). The fraction of sp³-hybridized carbons (Fsp3) is 0.500. The number of thioether (sulfide) groups is 1. The minimum absolute atomic E-state index is 0.107. The van der Waals surface area contributed by atoms with Gasteiger partial charge in [0.05, 0.1) is 18.9 Å². The third-order valence-corrected chi connectivity index (χ3v) is 5.99. The van der Waals surface area contributed by atoms with E-state index in [-0.39, 0.29) is 17.6 Å². The van der Waals surface area contributed by atoms with Crippen molar-refractivity contribution in [1.82, 2.24) is 10.2 Å². The quantitative estimate of drug-likeness (QED) is 0.581. The van der Waals surface area contributed by atoms with Crippen molar-refractivity contribution in [1.29, 1.82) is 0 Å². The van der Waals surface area contributed by atoms with Gasteiger partial charge in [-0.2, -0.15) is 11.8 Å². The van der Waals surface area contributed by atoms with Crippen molar-refractivity contribution in [2.24, 2.45) is 11.8 Å². The summed E-state index contributed by atoms with van der Waals surface area (Å²) in [7, 11) is 2.74. The highest BCUT2D eigenvalue weighted by Crippen LogP contribution is 2.50. The van der Waals surface area contributed by atoms with E-state index >= 15 is 0 Å². The molecule has 0 aromatic heterocycles. The standard InChI is InChI=1S/C18H22N2O5S/c1-20-15(22)12-13(16(20)23)18(8-9-26-3,17(24)25-2)19-14(12)10-4-6-11(21)7-5-10/h4-7,12-14,19,21H,8-9H2,1-3H3/t12-,13-,14-,18-/m1/s1. The monoisotopic (exact) mass is 378 g/mol. The summed E-state index contributed by atoms with van der Waals surface area (Å²) < 4.78 is 5.03. The van der Waals surface area contributed by atoms with E-state index in [4.69, 9.17) is 4.74 Å². The van der Waals surface area contributed by atoms with E-state index in [2.05, 4.69) is 5.32 Å². The molecule has 2 N–H and O–H groups in total. The maximum Gasteiger partial charge on any atom is 0.326 e. The molecule has 8 heteroatoms. The number of fused-ring (bicyclic) bond motifs is 1. The second-order valence-electron chi connectivity index (χ2n) is 6.66. The van der Waals surface area contributed by atoms with Gasteiger partial charge in [0.25, 0.3) is 0 Å². The first kappa shape index (κ1) is 18.7. The molecule has 26 heavy (non-hydrogen) atoms. The second kappa shape index (κ2) is 6.92. The number of benzene rings is 1. The number of ether oxygens (including phenoxy) is 1. The highest BCUT2D eigenvalue weighted by Gasteiger charge is 2.67. The zero-order chi connectivity index (χ0) is 19.1. The Kier molecular flexibility index (Phi) is 4.98. The van der Waals surface area contributed by atoms with Gasteiger partial charge in [-0.25, -0.2) is 0 Å². The second-order valence-corrected chi connectivity index (χ2v) is 7.64. The van der Waals surface area contributed by atoms with Crippen LogP contribution in [0.5, 0.6) is 5.75 Å². The maximum atomic E-state index is 12.8. The van der Waals surface area contributed by atoms with Crippen LogP contribution in [0.3, 0.4) is 0 Å². The summed E-state index contributed by atoms with van der Waals surface area (Å²) in [5.41, 5.74) is -0.508. The number of rotatable bonds is 5. The van der Waals surface area contributed by atoms with Crippen LogP contribution in [-0.4, -0.2) is 59.5 Å². The Labute approximate surface area is 156 Å². The molecule has 1 aromatic carbocycles. The van der Waals surface area contributed by atoms with E-state index in [1.807, 2.05) is 6.26 Å². The molecule has 0 aliphatic carbocycles. The molecule has 0 bridgehead atoms. The summed E-state index contributed by atoms with van der Waals surface area (Å²) in [6.45, 7) is 0. The number of phenolic OH excluding ortho intramolecular Hbond substituents is 1. The molecule has 140 valence electrons. The van der Waals surface area contributed by atoms with Gasteiger partial charge in [0.2, 0.25) is 11.8 Å². The van der Waals surface area contributed by atoms with Crippen LogP contribution in [0.1, 0.15) is 18.0 Å². The molecule has 2 amide bonds. The lowest BCUT2D eigenvalue weighted by atomic mass is 9.78. The number of imide groups is 1. The van der Waals surface area contributed by atoms with Crippen molar-refractivity contribution < 1.29 is 24.2 Å². The van der Waals surface area contributed by atoms with Gasteiger partial charge < -0.3 is 9.84 Å². The van der Waals surface area contributed by atoms with Gasteiger partial charge in [-0.3, -0.25) is 24.6 Å². The summed E-state index contributed by atoms with van der Waals surface area (Å²) in [5, 5.41) is 12.8. The van der Waals surface area contributed by atoms with Gasteiger partial charge >= 0.3 is 5.97 Å². The van der Waals surface area contributed by atoms with Gasteiger partial charge in [0.15, 0.2) is 0 Å². The summed E-state index contributed by atoms with van der Waals surface area (Å²) in [6, 6.07) is 5.93. The Morgan fingerprint density at radius 3 is 2.54 bits per heavy atom. The first-order chi connectivity index (χ1) is 12.4. The molecule has 1 aromatic rings. The normalized spacial score (nSPS) is 30.6. The van der Waals surface area contributed by atoms with Crippen molar-refractivity contribution in [3.8, 4) is 5.75 Å². The summed E-state index contributed by atoms with van der Waals surface area (Å²) in [5.74, 6) is -1.94. The van der Waals surface area contributed by atoms with Crippen molar-refractivity contribution in [3.05, 3.63) is 29.8 Å². The smallest absolute Gasteiger partial charge is 0.326 e. The third kappa shape index (κ3) is 2.68. The van der Waals surface area contributed by atoms with Gasteiger partial charge in [-0.1, -0.05) is 12.1 Å². The fourth-order valence-electron chi connectivity index (χ4n) is 4.08. The molecule has 2 aliphatic rings. The van der Waals surface area contributed by atoms with Crippen LogP contribution < -0.4 is 5.32 Å². The molecule has 0 saturated carbocycles. The summed E-state index contributed by atoms with van der Waals surface area (Å²) >= 11 is 1.56. The van der Waals surface area contributed by atoms with E-state index < -0.39 is 29.4 Å². The SMILES string of the molecule is COC(=O)[C@]1(CCSC)N[C@H](c2ccc(O)cc2)[C@@H]2C(=O)N(C)C(=O)[C@@H]21. The lowest BCUT2D eigenvalue weighted by Gasteiger charge is -2.32. The Balaban J connectivity index is 2.11. The molecule has 0 spiro atoms. The first-order valence-corrected chi connectivity index (χ1v) is 9.72. The Morgan fingerprint density at radius 2 is 1.96 bits per heavy atom. The molecular formula is C18H22N2O5S. The van der Waals surface area contributed by atoms with Gasteiger partial charge in [0.1, 0.15) is 11.3 Å². The van der Waals surface area contributed by atoms with Crippen molar-refractivity contribution in [3.63, 3.8) is 0 Å². The predicted octanol–water partition coefficient (Wildman–Crippen LogP) is 0.932. The van der Waals surface area contributed by atoms with Crippen LogP contribution in [0.4, 0.5) is 0 Å². The number of nitrogens with one attached hydrogen (secondary N) is 1. The topological polar surface area (TPSA) is 95.9 Å². The molecule has 2 aliphatic heterocycles. The Morgan fingerprint density at radius 1 is 1.31 bits per heavy atom. The highest BCUT2D eigenvalue weighted by molar-refractivity contribution is 7.98. The van der Waals surface area contributed by atoms with E-state index in [9.17, 15) is 19.5 Å². The number of nitrogens with zero attached hydrogens (tertiary/aromatic N) is 1. The van der Waals surface area contributed by atoms with E-state index in [1.165, 1.54) is 26.3 Å². The Hall–Kier alpha value is -2.06. The lowest BCUT2D eigenvalue weighted by molar-refractivity contribution is -0.154. The van der Waals surface area contributed by atoms with Crippen molar-refractivity contribution >= 4 is 29.5 Å². The van der Waals surface area contributed by atoms with Crippen LogP contribution in [0.2, 0.25) is 0 Å². The number of carbonyl (C=O) groups excluding carboxylic acids is 3.